The molecule has 0 spiro atoms. The van der Waals surface area contributed by atoms with Gasteiger partial charge in [0.15, 0.2) is 0 Å². The van der Waals surface area contributed by atoms with Gasteiger partial charge in [0.1, 0.15) is 35.8 Å². The zero-order valence-electron chi connectivity index (χ0n) is 74.4. The number of aliphatic hydroxyl groups is 4. The Balaban J connectivity index is 0.000000214. The number of carboxylic acid groups (broad SMARTS) is 1. The number of anilines is 2. The first-order valence-electron chi connectivity index (χ1n) is 43.0. The molecule has 6 aromatic carbocycles. The van der Waals surface area contributed by atoms with Gasteiger partial charge >= 0.3 is 5.97 Å². The van der Waals surface area contributed by atoms with Crippen molar-refractivity contribution in [2.75, 3.05) is 107 Å². The van der Waals surface area contributed by atoms with Crippen molar-refractivity contribution in [3.8, 4) is 33.8 Å². The van der Waals surface area contributed by atoms with Crippen LogP contribution >= 0.6 is 0 Å². The largest absolute Gasteiger partial charge is 0.496 e. The van der Waals surface area contributed by atoms with Crippen molar-refractivity contribution in [2.45, 2.75) is 193 Å². The van der Waals surface area contributed by atoms with Crippen molar-refractivity contribution in [2.24, 2.45) is 58.2 Å². The van der Waals surface area contributed by atoms with E-state index in [0.717, 1.165) is 72.4 Å². The van der Waals surface area contributed by atoms with Gasteiger partial charge in [0.25, 0.3) is 5.91 Å². The Morgan fingerprint density at radius 2 is 1.02 bits per heavy atom. The van der Waals surface area contributed by atoms with Gasteiger partial charge in [-0.3, -0.25) is 24.1 Å². The van der Waals surface area contributed by atoms with Crippen LogP contribution in [0.3, 0.4) is 0 Å². The summed E-state index contributed by atoms with van der Waals surface area (Å²) >= 11 is 0. The van der Waals surface area contributed by atoms with E-state index in [0.29, 0.717) is 81.3 Å². The van der Waals surface area contributed by atoms with E-state index in [1.54, 1.807) is 50.3 Å². The third-order valence-electron chi connectivity index (χ3n) is 27.9. The number of nitrogens with zero attached hydrogens (tertiary/aromatic N) is 7. The Hall–Kier alpha value is -6.92. The average Bonchev–Trinajstić information content (AvgIpc) is 0.818. The van der Waals surface area contributed by atoms with E-state index in [4.69, 9.17) is 20.5 Å². The number of likely N-dealkylation sites (tertiary alicyclic amines) is 1. The number of rotatable bonds is 26. The van der Waals surface area contributed by atoms with Crippen molar-refractivity contribution >= 4 is 43.4 Å². The topological polar surface area (TPSA) is 265 Å². The molecule has 0 aromatic heterocycles. The maximum Gasteiger partial charge on any atom is 0.335 e. The normalized spacial score (nSPS) is 28.8. The molecule has 2 radical (unpaired) electrons. The maximum absolute atomic E-state index is 14.8. The fourth-order valence-electron chi connectivity index (χ4n) is 21.3. The minimum absolute atomic E-state index is 0. The van der Waals surface area contributed by atoms with Crippen molar-refractivity contribution in [3.63, 3.8) is 0 Å². The van der Waals surface area contributed by atoms with Gasteiger partial charge in [0.2, 0.25) is 11.8 Å². The van der Waals surface area contributed by atoms with Gasteiger partial charge in [0, 0.05) is 162 Å². The Morgan fingerprint density at radius 1 is 0.580 bits per heavy atom. The Morgan fingerprint density at radius 3 is 1.41 bits per heavy atom. The van der Waals surface area contributed by atoms with Crippen LogP contribution in [0.15, 0.2) is 133 Å². The first-order valence-corrected chi connectivity index (χ1v) is 42.4. The number of hydrogen-bond acceptors (Lipinski definition) is 19. The summed E-state index contributed by atoms with van der Waals surface area (Å²) in [6, 6.07) is 43.4. The second-order valence-electron chi connectivity index (χ2n) is 36.9. The van der Waals surface area contributed by atoms with Crippen molar-refractivity contribution < 1.29 is 95.0 Å². The second-order valence-corrected chi connectivity index (χ2v) is 36.9. The third kappa shape index (κ3) is 20.3. The molecule has 23 nitrogen and oxygen atoms in total. The van der Waals surface area contributed by atoms with Crippen LogP contribution in [0, 0.1) is 89.3 Å². The molecule has 10 aliphatic rings. The summed E-state index contributed by atoms with van der Waals surface area (Å²) < 4.78 is 17.3. The van der Waals surface area contributed by atoms with Crippen LogP contribution in [0.5, 0.6) is 11.5 Å². The predicted molar refractivity (Wildman–Crippen MR) is 466 cm³/mol. The fourth-order valence-corrected chi connectivity index (χ4v) is 21.3. The number of para-hydroxylation sites is 2. The molecule has 20 atom stereocenters. The Bertz CT molecular complexity index is 4410. The van der Waals surface area contributed by atoms with Crippen LogP contribution in [0.1, 0.15) is 162 Å². The summed E-state index contributed by atoms with van der Waals surface area (Å²) in [5, 5.41) is 65.8. The number of benzene rings is 6. The van der Waals surface area contributed by atoms with Crippen LogP contribution in [0.4, 0.5) is 11.4 Å². The molecule has 644 valence electrons. The van der Waals surface area contributed by atoms with E-state index < -0.39 is 54.3 Å². The fraction of sp³-hybridized carbons (Fsp3) is 0.574. The number of nitrogens with one attached hydrogen (secondary N) is 3. The van der Waals surface area contributed by atoms with E-state index in [-0.39, 0.29) is 116 Å². The van der Waals surface area contributed by atoms with Crippen LogP contribution in [0.25, 0.3) is 22.3 Å². The van der Waals surface area contributed by atoms with Gasteiger partial charge < -0.3 is 75.5 Å². The number of aliphatic hydroxyl groups excluding tert-OH is 4. The Labute approximate surface area is 733 Å². The molecule has 4 bridgehead atoms. The SMILES string of the molecule is CN(C)C[C@@H]1CC[C@H](c2ccccc2)N1.COc1c(CN2O[C@@H](CO)[C@@H]([C@H](C)O)[C@H]2C(=O)N[C@H]2C[C@H]3C[C@@H]([C@@H]2C)C3(C)C)cccc1-c1cc(C(=O)N2[C@H](CN(C)C)CC[C@@H]2c2ccccc2)cc(N(C)C)c1.COc1c(CN2O[C@@H](CO)[C@@H]([C@H](C)O)[C@H]2C(=O)N[C@H]2C[C@H]3C[C@@H]([C@@H]2C)C3(C)C)cccc1-c1cc(C(=O)O)cc(N(C)C)c1.[3H][B].[U]. The number of aromatic carboxylic acids is 1. The van der Waals surface area contributed by atoms with Crippen molar-refractivity contribution in [3.05, 3.63) is 167 Å². The minimum Gasteiger partial charge on any atom is -0.496 e. The molecule has 4 heterocycles. The van der Waals surface area contributed by atoms with Gasteiger partial charge in [-0.2, -0.15) is 10.1 Å². The number of amides is 3. The number of carboxylic acids is 1. The summed E-state index contributed by atoms with van der Waals surface area (Å²) in [6.07, 6.45) is 5.31. The first kappa shape index (κ1) is 92.8. The first-order chi connectivity index (χ1) is 56.7. The van der Waals surface area contributed by atoms with E-state index in [9.17, 15) is 44.7 Å². The third-order valence-corrected chi connectivity index (χ3v) is 27.9. The second kappa shape index (κ2) is 40.2. The zero-order chi connectivity index (χ0) is 86.4. The standard InChI is InChI=1S/C47H65N5O6.C34H47N3O7.C13H20N2.BH.U/c1-28-38-23-34(47(38,3)4)24-39(28)48-45(55)43-42(29(2)54)41(27-53)58-51(43)25-31-16-13-17-37(44(31)57-9)32-20-33(22-36(21-32)50(7)8)46(56)52-35(26-49(5)6)18-19-40(52)30-14-11-10-12-15-30;1-18-26-14-23(34(26,3)4)15-27(18)35-32(40)30-29(19(2)39)28(17-38)44-37(30)16-20-9-8-10-25(31(20)43-7)21-11-22(33(41)42)13-24(12-21)36(5)6;1-15(2)10-12-8-9-13(14-12)11-6-4-3-5-7-11;;/h10-17,20-22,28-29,34-35,38-43,53-54H,18-19,23-27H2,1-9H3,(H,48,55);8-13,18-19,23,26-30,38-39H,14-17H2,1-7H3,(H,35,40)(H,41,42);3-7,12-14H,8-10H2,1-2H3;1H;/t28-,29-,34+,35-,38-,39-,40+,41-,42+,43-;18-,19-,23+,26-,27-,28-,29+,30-;12-,13+;;/m000../s1/i;;;1T;. The number of methoxy groups -OCH3 is 2. The summed E-state index contributed by atoms with van der Waals surface area (Å²) in [5.41, 5.74) is 9.98. The van der Waals surface area contributed by atoms with Gasteiger partial charge in [-0.05, 0) is 200 Å². The molecule has 4 saturated heterocycles. The van der Waals surface area contributed by atoms with Crippen LogP contribution < -0.4 is 35.2 Å². The Kier molecular flexibility index (Phi) is 31.3. The molecule has 25 heteroatoms. The number of hydroxylamine groups is 4. The number of carbonyl (C=O) groups excluding carboxylic acids is 3. The number of likely N-dealkylation sites (N-methyl/N-ethyl adjacent to an activating group) is 2. The van der Waals surface area contributed by atoms with E-state index in [1.165, 1.54) is 31.2 Å². The number of fused-ring (bicyclic) bond motifs is 4. The number of hydrogen-bond donors (Lipinski definition) is 8. The number of ether oxygens (including phenoxy) is 2. The molecule has 119 heavy (non-hydrogen) atoms. The van der Waals surface area contributed by atoms with E-state index in [1.807, 2.05) is 111 Å². The molecule has 4 aliphatic heterocycles. The van der Waals surface area contributed by atoms with Gasteiger partial charge in [-0.25, -0.2) is 4.79 Å². The van der Waals surface area contributed by atoms with Crippen LogP contribution in [0.2, 0.25) is 0 Å². The van der Waals surface area contributed by atoms with Crippen LogP contribution in [-0.4, -0.2) is 241 Å². The predicted octanol–water partition coefficient (Wildman–Crippen LogP) is 11.2. The summed E-state index contributed by atoms with van der Waals surface area (Å²) in [4.78, 5) is 78.0. The number of carbonyl (C=O) groups is 4. The van der Waals surface area contributed by atoms with Gasteiger partial charge in [0.05, 0.1) is 64.3 Å². The van der Waals surface area contributed by atoms with Gasteiger partial charge in [-0.1, -0.05) is 139 Å². The molecule has 8 N–H and O–H groups in total. The zero-order valence-corrected chi connectivity index (χ0v) is 77.5. The molecular formula is C94H133BN10O13U. The molecule has 6 aromatic rings. The molecule has 16 rings (SSSR count). The maximum atomic E-state index is 14.8. The van der Waals surface area contributed by atoms with Crippen LogP contribution in [-0.2, 0) is 32.4 Å². The summed E-state index contributed by atoms with van der Waals surface area (Å²) in [5.74, 6) is 1.29. The van der Waals surface area contributed by atoms with Crippen molar-refractivity contribution in [1.29, 1.82) is 1.34 Å². The monoisotopic (exact) mass is 1860 g/mol. The van der Waals surface area contributed by atoms with Crippen molar-refractivity contribution in [1.82, 2.24) is 40.8 Å². The molecule has 6 aliphatic carbocycles. The smallest absolute Gasteiger partial charge is 0.335 e. The quantitative estimate of drug-likeness (QED) is 0.0235. The molecule has 6 saturated carbocycles. The summed E-state index contributed by atoms with van der Waals surface area (Å²) in [7, 11) is 23.0. The molecule has 3 amide bonds. The van der Waals surface area contributed by atoms with Gasteiger partial charge in [-0.15, -0.1) is 0 Å². The summed E-state index contributed by atoms with van der Waals surface area (Å²) in [6.45, 7) is 18.6. The minimum atomic E-state index is -1.03. The molecular weight excluding hydrogens is 1730 g/mol. The average molecular weight is 1860 g/mol. The molecule has 0 unspecified atom stereocenters. The molecule has 10 fully saturated rings. The van der Waals surface area contributed by atoms with E-state index in [2.05, 4.69) is 157 Å². The van der Waals surface area contributed by atoms with E-state index >= 15 is 0 Å².